The second kappa shape index (κ2) is 28.3. The van der Waals surface area contributed by atoms with E-state index >= 15 is 0 Å². The summed E-state index contributed by atoms with van der Waals surface area (Å²) >= 11 is 0. The molecule has 0 atom stereocenters. The Kier molecular flexibility index (Phi) is 16.9. The lowest BCUT2D eigenvalue weighted by Crippen LogP contribution is -2.12. The molecule has 0 saturated heterocycles. The summed E-state index contributed by atoms with van der Waals surface area (Å²) in [6.07, 6.45) is 0. The number of fused-ring (bicyclic) bond motifs is 4. The van der Waals surface area contributed by atoms with Crippen molar-refractivity contribution in [3.63, 3.8) is 0 Å². The van der Waals surface area contributed by atoms with Gasteiger partial charge >= 0.3 is 0 Å². The first-order valence-corrected chi connectivity index (χ1v) is 36.9. The third-order valence-corrected chi connectivity index (χ3v) is 20.8. The van der Waals surface area contributed by atoms with Gasteiger partial charge in [-0.3, -0.25) is 0 Å². The minimum absolute atomic E-state index is 1.04. The summed E-state index contributed by atoms with van der Waals surface area (Å²) in [5.74, 6) is 0. The quantitative estimate of drug-likeness (QED) is 0.0854. The standard InChI is InChI=1S/C102H72N6/c1-7-25-73(26-8-1)77-33-23-35-81(65-77)99-69-83-71-102-84(72-101(83)107(99)95-61-57-93(58-62-95)105(97-47-45-75-29-19-21-31-79(75)67-97)91-53-49-89(50-54-91)103(85-37-11-3-12-38-85)86-39-13-4-14-40-86)70-100(82-36-24-34-78(66-82)74-27-9-2-10-28-74)108(102)96-63-59-94(60-64-96)106(98-48-46-76-30-20-22-32-80(76)68-98)92-55-51-90(52-56-92)104(87-41-15-5-16-42-87)88-43-17-6-18-44-88/h1-72H. The van der Waals surface area contributed by atoms with E-state index in [9.17, 15) is 0 Å². The largest absolute Gasteiger partial charge is 0.311 e. The Balaban J connectivity index is 0.758. The monoisotopic (exact) mass is 1380 g/mol. The lowest BCUT2D eigenvalue weighted by Gasteiger charge is -2.28. The second-order valence-corrected chi connectivity index (χ2v) is 27.4. The summed E-state index contributed by atoms with van der Waals surface area (Å²) in [7, 11) is 0. The molecular formula is C102H72N6. The van der Waals surface area contributed by atoms with E-state index in [-0.39, 0.29) is 0 Å². The molecule has 19 rings (SSSR count). The first-order valence-electron chi connectivity index (χ1n) is 36.9. The Bertz CT molecular complexity index is 5910. The molecule has 0 radical (unpaired) electrons. The SMILES string of the molecule is c1ccc(-c2cccc(-c3cc4cc5c(cc(-c6cccc(-c7ccccc7)c6)n5-c5ccc(N(c6ccc(N(c7ccccc7)c7ccccc7)cc6)c6ccc7ccccc7c6)cc5)cc4n3-c3ccc(N(c4ccc(N(c5ccccc5)c5ccccc5)cc4)c4ccc5ccccc5c4)cc3)c2)cc1. The van der Waals surface area contributed by atoms with Crippen LogP contribution in [0.5, 0.6) is 0 Å². The van der Waals surface area contributed by atoms with Gasteiger partial charge in [-0.05, 0) is 261 Å². The molecule has 6 heteroatoms. The first kappa shape index (κ1) is 64.4. The molecule has 2 aromatic heterocycles. The number of hydrogen-bond acceptors (Lipinski definition) is 4. The fourth-order valence-electron chi connectivity index (χ4n) is 15.6. The summed E-state index contributed by atoms with van der Waals surface area (Å²) in [6, 6.07) is 159. The maximum absolute atomic E-state index is 2.47. The van der Waals surface area contributed by atoms with E-state index in [4.69, 9.17) is 0 Å². The number of aromatic nitrogens is 2. The molecule has 2 heterocycles. The zero-order chi connectivity index (χ0) is 71.7. The lowest BCUT2D eigenvalue weighted by atomic mass is 10.0. The third-order valence-electron chi connectivity index (χ3n) is 20.8. The number of benzene rings is 17. The number of para-hydroxylation sites is 4. The molecule has 6 nitrogen and oxygen atoms in total. The van der Waals surface area contributed by atoms with Crippen molar-refractivity contribution >= 4 is 112 Å². The molecule has 0 saturated carbocycles. The highest BCUT2D eigenvalue weighted by Crippen LogP contribution is 2.46. The zero-order valence-electron chi connectivity index (χ0n) is 59.3. The Labute approximate surface area is 629 Å². The average Bonchev–Trinajstić information content (AvgIpc) is 1.57. The average molecular weight is 1380 g/mol. The minimum atomic E-state index is 1.04. The van der Waals surface area contributed by atoms with E-state index in [1.54, 1.807) is 0 Å². The van der Waals surface area contributed by atoms with Crippen LogP contribution in [0.1, 0.15) is 0 Å². The highest BCUT2D eigenvalue weighted by Gasteiger charge is 2.24. The van der Waals surface area contributed by atoms with Gasteiger partial charge in [-0.1, -0.05) is 231 Å². The van der Waals surface area contributed by atoms with Gasteiger partial charge in [0.2, 0.25) is 0 Å². The number of nitrogens with zero attached hydrogens (tertiary/aromatic N) is 6. The topological polar surface area (TPSA) is 22.8 Å². The van der Waals surface area contributed by atoms with Gasteiger partial charge in [-0.25, -0.2) is 0 Å². The molecule has 108 heavy (non-hydrogen) atoms. The van der Waals surface area contributed by atoms with Crippen LogP contribution in [0.4, 0.5) is 68.2 Å². The van der Waals surface area contributed by atoms with Crippen molar-refractivity contribution in [1.29, 1.82) is 0 Å². The van der Waals surface area contributed by atoms with E-state index < -0.39 is 0 Å². The van der Waals surface area contributed by atoms with Gasteiger partial charge in [0, 0.05) is 90.4 Å². The van der Waals surface area contributed by atoms with Crippen LogP contribution in [0.25, 0.3) is 99.5 Å². The van der Waals surface area contributed by atoms with E-state index in [1.807, 2.05) is 0 Å². The summed E-state index contributed by atoms with van der Waals surface area (Å²) in [5.41, 5.74) is 26.2. The van der Waals surface area contributed by atoms with E-state index in [0.717, 1.165) is 135 Å². The van der Waals surface area contributed by atoms with Crippen molar-refractivity contribution in [3.8, 4) is 56.1 Å². The van der Waals surface area contributed by atoms with E-state index in [1.165, 1.54) is 32.7 Å². The Morgan fingerprint density at radius 2 is 0.380 bits per heavy atom. The molecule has 0 aliphatic carbocycles. The normalized spacial score (nSPS) is 11.3. The van der Waals surface area contributed by atoms with Gasteiger partial charge in [-0.2, -0.15) is 0 Å². The van der Waals surface area contributed by atoms with Crippen molar-refractivity contribution in [3.05, 3.63) is 437 Å². The molecule has 0 spiro atoms. The highest BCUT2D eigenvalue weighted by molar-refractivity contribution is 6.03. The Morgan fingerprint density at radius 3 is 0.704 bits per heavy atom. The van der Waals surface area contributed by atoms with Crippen LogP contribution in [-0.4, -0.2) is 9.13 Å². The second-order valence-electron chi connectivity index (χ2n) is 27.4. The molecule has 0 amide bonds. The number of rotatable bonds is 18. The molecule has 0 aliphatic rings. The van der Waals surface area contributed by atoms with Crippen LogP contribution < -0.4 is 19.6 Å². The van der Waals surface area contributed by atoms with E-state index in [2.05, 4.69) is 466 Å². The summed E-state index contributed by atoms with van der Waals surface area (Å²) in [6.45, 7) is 0. The first-order chi connectivity index (χ1) is 53.5. The molecule has 0 bridgehead atoms. The summed E-state index contributed by atoms with van der Waals surface area (Å²) in [4.78, 5) is 9.39. The fraction of sp³-hybridized carbons (Fsp3) is 0. The highest BCUT2D eigenvalue weighted by atomic mass is 15.2. The van der Waals surface area contributed by atoms with Crippen molar-refractivity contribution in [1.82, 2.24) is 9.13 Å². The maximum Gasteiger partial charge on any atom is 0.0542 e. The summed E-state index contributed by atoms with van der Waals surface area (Å²) < 4.78 is 4.94. The van der Waals surface area contributed by atoms with Crippen LogP contribution in [0.3, 0.4) is 0 Å². The molecule has 0 fully saturated rings. The molecular weight excluding hydrogens is 1310 g/mol. The smallest absolute Gasteiger partial charge is 0.0542 e. The van der Waals surface area contributed by atoms with Crippen molar-refractivity contribution in [2.45, 2.75) is 0 Å². The van der Waals surface area contributed by atoms with Crippen LogP contribution in [-0.2, 0) is 0 Å². The van der Waals surface area contributed by atoms with Crippen molar-refractivity contribution in [2.24, 2.45) is 0 Å². The summed E-state index contributed by atoms with van der Waals surface area (Å²) in [5, 5.41) is 6.98. The molecule has 0 aliphatic heterocycles. The van der Waals surface area contributed by atoms with Crippen molar-refractivity contribution in [2.75, 3.05) is 19.6 Å². The van der Waals surface area contributed by atoms with Gasteiger partial charge in [0.25, 0.3) is 0 Å². The van der Waals surface area contributed by atoms with Gasteiger partial charge in [0.1, 0.15) is 0 Å². The van der Waals surface area contributed by atoms with Crippen LogP contribution in [0.15, 0.2) is 437 Å². The molecule has 0 unspecified atom stereocenters. The van der Waals surface area contributed by atoms with E-state index in [0.29, 0.717) is 0 Å². The molecule has 17 aromatic carbocycles. The fourth-order valence-corrected chi connectivity index (χ4v) is 15.6. The molecule has 0 N–H and O–H groups in total. The Morgan fingerprint density at radius 1 is 0.139 bits per heavy atom. The van der Waals surface area contributed by atoms with Gasteiger partial charge in [0.05, 0.1) is 22.4 Å². The maximum atomic E-state index is 2.47. The van der Waals surface area contributed by atoms with Gasteiger partial charge < -0.3 is 28.7 Å². The number of anilines is 12. The number of hydrogen-bond donors (Lipinski definition) is 0. The lowest BCUT2D eigenvalue weighted by molar-refractivity contribution is 1.13. The third kappa shape index (κ3) is 12.4. The molecule has 19 aromatic rings. The van der Waals surface area contributed by atoms with Crippen LogP contribution in [0.2, 0.25) is 0 Å². The van der Waals surface area contributed by atoms with Crippen LogP contribution in [0, 0.1) is 0 Å². The Hall–Kier alpha value is -14.5. The van der Waals surface area contributed by atoms with Crippen LogP contribution >= 0.6 is 0 Å². The minimum Gasteiger partial charge on any atom is -0.311 e. The predicted octanol–water partition coefficient (Wildman–Crippen LogP) is 28.4. The molecule has 510 valence electrons. The van der Waals surface area contributed by atoms with Crippen molar-refractivity contribution < 1.29 is 0 Å². The predicted molar refractivity (Wildman–Crippen MR) is 456 cm³/mol. The van der Waals surface area contributed by atoms with Gasteiger partial charge in [0.15, 0.2) is 0 Å². The zero-order valence-corrected chi connectivity index (χ0v) is 59.3. The van der Waals surface area contributed by atoms with Gasteiger partial charge in [-0.15, -0.1) is 0 Å².